The fraction of sp³-hybridized carbons (Fsp3) is 0.550. The molecular formula is C40H56O4. The lowest BCUT2D eigenvalue weighted by molar-refractivity contribution is -0.0683. The Kier molecular flexibility index (Phi) is 9.93. The lowest BCUT2D eigenvalue weighted by Crippen LogP contribution is -2.46. The van der Waals surface area contributed by atoms with Gasteiger partial charge in [-0.2, -0.15) is 0 Å². The summed E-state index contributed by atoms with van der Waals surface area (Å²) < 4.78 is 12.7. The molecule has 2 saturated carbocycles. The topological polar surface area (TPSA) is 62.2 Å². The van der Waals surface area contributed by atoms with Crippen molar-refractivity contribution in [2.24, 2.45) is 10.8 Å². The largest absolute Gasteiger partial charge is 0.393 e. The van der Waals surface area contributed by atoms with Gasteiger partial charge in [0.25, 0.3) is 0 Å². The van der Waals surface area contributed by atoms with E-state index in [1.807, 2.05) is 0 Å². The van der Waals surface area contributed by atoms with Crippen molar-refractivity contribution < 1.29 is 19.7 Å². The van der Waals surface area contributed by atoms with Crippen molar-refractivity contribution in [3.05, 3.63) is 107 Å². The Labute approximate surface area is 267 Å². The minimum absolute atomic E-state index is 0.0500. The summed E-state index contributed by atoms with van der Waals surface area (Å²) in [6, 6.07) is 0. The first kappa shape index (κ1) is 34.4. The lowest BCUT2D eigenvalue weighted by Gasteiger charge is -2.44. The monoisotopic (exact) mass is 600 g/mol. The molecule has 0 aromatic rings. The lowest BCUT2D eigenvalue weighted by atomic mass is 9.63. The molecule has 44 heavy (non-hydrogen) atoms. The van der Waals surface area contributed by atoms with Gasteiger partial charge in [0.1, 0.15) is 11.2 Å². The van der Waals surface area contributed by atoms with Gasteiger partial charge in [-0.15, -0.1) is 0 Å². The molecule has 4 aliphatic rings. The summed E-state index contributed by atoms with van der Waals surface area (Å²) in [7, 11) is 0. The second-order valence-corrected chi connectivity index (χ2v) is 15.4. The van der Waals surface area contributed by atoms with Crippen molar-refractivity contribution in [1.82, 2.24) is 0 Å². The molecule has 0 radical (unpaired) electrons. The van der Waals surface area contributed by atoms with Crippen molar-refractivity contribution in [1.29, 1.82) is 0 Å². The first-order chi connectivity index (χ1) is 20.4. The van der Waals surface area contributed by atoms with Gasteiger partial charge in [0.2, 0.25) is 0 Å². The number of aliphatic hydroxyl groups is 2. The van der Waals surface area contributed by atoms with Crippen LogP contribution >= 0.6 is 0 Å². The molecule has 2 N–H and O–H groups in total. The van der Waals surface area contributed by atoms with E-state index in [-0.39, 0.29) is 45.9 Å². The molecule has 0 bridgehead atoms. The molecule has 0 spiro atoms. The maximum absolute atomic E-state index is 10.4. The fourth-order valence-electron chi connectivity index (χ4n) is 7.95. The molecule has 0 amide bonds. The zero-order valence-electron chi connectivity index (χ0n) is 28.8. The number of hydrogen-bond donors (Lipinski definition) is 2. The molecule has 2 aliphatic heterocycles. The van der Waals surface area contributed by atoms with Crippen LogP contribution in [0, 0.1) is 10.8 Å². The first-order valence-electron chi connectivity index (χ1n) is 16.3. The minimum Gasteiger partial charge on any atom is -0.393 e. The molecule has 4 heteroatoms. The average Bonchev–Trinajstić information content (AvgIpc) is 3.34. The van der Waals surface area contributed by atoms with Gasteiger partial charge in [0.15, 0.2) is 0 Å². The summed E-state index contributed by atoms with van der Waals surface area (Å²) in [6.45, 7) is 21.5. The van der Waals surface area contributed by atoms with Crippen molar-refractivity contribution >= 4 is 0 Å². The molecule has 240 valence electrons. The molecule has 0 aromatic carbocycles. The van der Waals surface area contributed by atoms with E-state index in [2.05, 4.69) is 148 Å². The average molecular weight is 601 g/mol. The number of aliphatic hydroxyl groups excluding tert-OH is 2. The maximum Gasteiger partial charge on any atom is 0.121 e. The second kappa shape index (κ2) is 12.7. The predicted octanol–water partition coefficient (Wildman–Crippen LogP) is 8.97. The summed E-state index contributed by atoms with van der Waals surface area (Å²) in [5.74, 6) is 0. The van der Waals surface area contributed by atoms with Gasteiger partial charge < -0.3 is 19.7 Å². The van der Waals surface area contributed by atoms with Gasteiger partial charge in [-0.05, 0) is 83.1 Å². The molecule has 4 nitrogen and oxygen atoms in total. The van der Waals surface area contributed by atoms with Crippen LogP contribution in [0.5, 0.6) is 0 Å². The van der Waals surface area contributed by atoms with Crippen LogP contribution in [0.25, 0.3) is 0 Å². The Balaban J connectivity index is 1.27. The van der Waals surface area contributed by atoms with E-state index >= 15 is 0 Å². The number of hydrogen-bond acceptors (Lipinski definition) is 4. The minimum atomic E-state index is -0.385. The number of allylic oxidation sites excluding steroid dienone is 14. The highest BCUT2D eigenvalue weighted by molar-refractivity contribution is 5.38. The van der Waals surface area contributed by atoms with E-state index in [0.29, 0.717) is 12.8 Å². The molecule has 0 aromatic heterocycles. The van der Waals surface area contributed by atoms with Crippen molar-refractivity contribution in [2.75, 3.05) is 0 Å². The summed E-state index contributed by atoms with van der Waals surface area (Å²) in [5, 5.41) is 20.6. The Morgan fingerprint density at radius 2 is 1.25 bits per heavy atom. The molecule has 2 heterocycles. The number of epoxide rings is 1. The molecule has 6 atom stereocenters. The van der Waals surface area contributed by atoms with Crippen LogP contribution in [0.15, 0.2) is 107 Å². The van der Waals surface area contributed by atoms with Gasteiger partial charge >= 0.3 is 0 Å². The molecule has 3 fully saturated rings. The first-order valence-corrected chi connectivity index (χ1v) is 16.3. The molecular weight excluding hydrogens is 544 g/mol. The molecule has 4 rings (SSSR count). The van der Waals surface area contributed by atoms with E-state index < -0.39 is 0 Å². The summed E-state index contributed by atoms with van der Waals surface area (Å²) in [6.07, 6.45) is 29.9. The summed E-state index contributed by atoms with van der Waals surface area (Å²) in [5.41, 5.74) is 4.89. The van der Waals surface area contributed by atoms with Crippen LogP contribution in [-0.4, -0.2) is 45.3 Å². The molecule has 6 unspecified atom stereocenters. The van der Waals surface area contributed by atoms with Crippen molar-refractivity contribution in [3.63, 3.8) is 0 Å². The quantitative estimate of drug-likeness (QED) is 0.158. The Bertz CT molecular complexity index is 1380. The highest BCUT2D eigenvalue weighted by Gasteiger charge is 2.74. The Morgan fingerprint density at radius 1 is 0.705 bits per heavy atom. The van der Waals surface area contributed by atoms with Gasteiger partial charge in [-0.3, -0.25) is 0 Å². The standard InChI is InChI=1S/C40H56O4/c1-28(17-13-18-30(3)21-22-40-37(7,8)25-33(42)27-39(40,10)44-40)15-11-12-16-29(2)19-14-20-31(4)34-23-35-36(5,6)24-32(41)26-38(35,9)43-34/h11-23,32-34,41-42H,24-27H2,1-10H3/b12-11+,17-13?,19-14+,22-21?,28-15?,29-16+,30-18?,31-20+. The smallest absolute Gasteiger partial charge is 0.121 e. The second-order valence-electron chi connectivity index (χ2n) is 15.4. The zero-order valence-corrected chi connectivity index (χ0v) is 28.8. The van der Waals surface area contributed by atoms with Crippen LogP contribution in [0.2, 0.25) is 0 Å². The van der Waals surface area contributed by atoms with Crippen LogP contribution in [0.3, 0.4) is 0 Å². The van der Waals surface area contributed by atoms with Crippen LogP contribution < -0.4 is 0 Å². The summed E-state index contributed by atoms with van der Waals surface area (Å²) in [4.78, 5) is 0. The number of ether oxygens (including phenoxy) is 2. The Morgan fingerprint density at radius 3 is 1.86 bits per heavy atom. The Hall–Kier alpha value is -2.50. The van der Waals surface area contributed by atoms with Gasteiger partial charge in [-0.1, -0.05) is 111 Å². The van der Waals surface area contributed by atoms with Crippen LogP contribution in [0.1, 0.15) is 94.9 Å². The van der Waals surface area contributed by atoms with E-state index in [1.54, 1.807) is 0 Å². The van der Waals surface area contributed by atoms with E-state index in [0.717, 1.165) is 12.8 Å². The van der Waals surface area contributed by atoms with Gasteiger partial charge in [0.05, 0.1) is 23.9 Å². The van der Waals surface area contributed by atoms with Crippen molar-refractivity contribution in [3.8, 4) is 0 Å². The SMILES string of the molecule is CC(C=CC12OC1(C)CC(O)CC2(C)C)=CC=CC(C)=C/C=C/C=C(C)/C=C/C=C(\C)C1C=C2C(C)(C)CC(O)CC2(C)O1. The van der Waals surface area contributed by atoms with E-state index in [1.165, 1.54) is 27.9 Å². The molecule has 1 saturated heterocycles. The van der Waals surface area contributed by atoms with Crippen LogP contribution in [-0.2, 0) is 9.47 Å². The van der Waals surface area contributed by atoms with E-state index in [9.17, 15) is 10.2 Å². The van der Waals surface area contributed by atoms with Gasteiger partial charge in [0, 0.05) is 18.3 Å². The third kappa shape index (κ3) is 7.31. The van der Waals surface area contributed by atoms with Crippen LogP contribution in [0.4, 0.5) is 0 Å². The summed E-state index contributed by atoms with van der Waals surface area (Å²) >= 11 is 0. The zero-order chi connectivity index (χ0) is 32.6. The van der Waals surface area contributed by atoms with Crippen molar-refractivity contribution in [2.45, 2.75) is 130 Å². The number of rotatable bonds is 9. The molecule has 2 aliphatic carbocycles. The third-order valence-electron chi connectivity index (χ3n) is 10.2. The predicted molar refractivity (Wildman–Crippen MR) is 183 cm³/mol. The highest BCUT2D eigenvalue weighted by atomic mass is 16.6. The van der Waals surface area contributed by atoms with Gasteiger partial charge in [-0.25, -0.2) is 0 Å². The third-order valence-corrected chi connectivity index (χ3v) is 10.2. The number of fused-ring (bicyclic) bond motifs is 2. The highest BCUT2D eigenvalue weighted by Crippen LogP contribution is 2.66. The fourth-order valence-corrected chi connectivity index (χ4v) is 7.95. The maximum atomic E-state index is 10.4. The van der Waals surface area contributed by atoms with E-state index in [4.69, 9.17) is 9.47 Å². The normalized spacial score (nSPS) is 37.7.